The molecule has 5 nitrogen and oxygen atoms in total. The Morgan fingerprint density at radius 1 is 1.23 bits per heavy atom. The summed E-state index contributed by atoms with van der Waals surface area (Å²) in [6.45, 7) is 9.39. The number of aryl methyl sites for hydroxylation is 1. The summed E-state index contributed by atoms with van der Waals surface area (Å²) in [5.74, 6) is 1.03. The summed E-state index contributed by atoms with van der Waals surface area (Å²) < 4.78 is 44.1. The van der Waals surface area contributed by atoms with Gasteiger partial charge in [0.15, 0.2) is 11.5 Å². The van der Waals surface area contributed by atoms with Gasteiger partial charge in [-0.05, 0) is 24.6 Å². The molecule has 2 aromatic rings. The molecule has 26 heavy (non-hydrogen) atoms. The van der Waals surface area contributed by atoms with Gasteiger partial charge in [-0.25, -0.2) is 0 Å². The number of benzene rings is 2. The number of hydrogen-bond donors (Lipinski definition) is 1. The van der Waals surface area contributed by atoms with E-state index in [0.717, 1.165) is 11.1 Å². The van der Waals surface area contributed by atoms with Gasteiger partial charge in [-0.3, -0.25) is 4.55 Å². The van der Waals surface area contributed by atoms with E-state index in [9.17, 15) is 13.0 Å². The van der Waals surface area contributed by atoms with Crippen molar-refractivity contribution in [1.82, 2.24) is 0 Å². The number of ether oxygens (including phenoxy) is 2. The van der Waals surface area contributed by atoms with E-state index in [1.165, 1.54) is 13.2 Å². The van der Waals surface area contributed by atoms with Crippen LogP contribution < -0.4 is 9.47 Å². The fraction of sp³-hybridized carbons (Fsp3) is 0.200. The molecule has 0 heterocycles. The molecule has 1 atom stereocenters. The monoisotopic (exact) mass is 374 g/mol. The summed E-state index contributed by atoms with van der Waals surface area (Å²) in [5.41, 5.74) is 2.07. The van der Waals surface area contributed by atoms with Gasteiger partial charge in [0.25, 0.3) is 10.1 Å². The molecule has 138 valence electrons. The molecule has 0 unspecified atom stereocenters. The molecule has 0 aromatic heterocycles. The number of hydrogen-bond acceptors (Lipinski definition) is 4. The standard InChI is InChI=1S/C20H22O5S/c1-5-15-8-7-9-18(24-4)20(15)25-17(6-2)13-16-12-14(3)10-11-19(16)26(21,22)23/h5-12,17H,1-2,13H2,3-4H3,(H,21,22,23)/t17-/m0/s1. The molecule has 2 aromatic carbocycles. The van der Waals surface area contributed by atoms with E-state index >= 15 is 0 Å². The Balaban J connectivity index is 2.40. The van der Waals surface area contributed by atoms with Crippen LogP contribution >= 0.6 is 0 Å². The predicted molar refractivity (Wildman–Crippen MR) is 102 cm³/mol. The zero-order valence-electron chi connectivity index (χ0n) is 14.8. The van der Waals surface area contributed by atoms with E-state index in [2.05, 4.69) is 13.2 Å². The number of methoxy groups -OCH3 is 1. The first kappa shape index (κ1) is 19.8. The predicted octanol–water partition coefficient (Wildman–Crippen LogP) is 4.07. The minimum absolute atomic E-state index is 0.137. The molecule has 0 spiro atoms. The van der Waals surface area contributed by atoms with E-state index in [1.807, 2.05) is 19.1 Å². The molecule has 6 heteroatoms. The molecule has 0 radical (unpaired) electrons. The largest absolute Gasteiger partial charge is 0.493 e. The molecule has 1 N–H and O–H groups in total. The lowest BCUT2D eigenvalue weighted by Gasteiger charge is -2.20. The van der Waals surface area contributed by atoms with E-state index in [4.69, 9.17) is 9.47 Å². The molecule has 0 aliphatic rings. The molecule has 0 saturated carbocycles. The molecule has 0 aliphatic heterocycles. The third-order valence-electron chi connectivity index (χ3n) is 3.90. The molecular formula is C20H22O5S. The zero-order valence-corrected chi connectivity index (χ0v) is 15.6. The Morgan fingerprint density at radius 2 is 1.96 bits per heavy atom. The van der Waals surface area contributed by atoms with Gasteiger partial charge in [0.2, 0.25) is 0 Å². The van der Waals surface area contributed by atoms with E-state index in [-0.39, 0.29) is 11.3 Å². The first-order valence-corrected chi connectivity index (χ1v) is 9.39. The van der Waals surface area contributed by atoms with Crippen LogP contribution in [0.15, 0.2) is 60.5 Å². The molecule has 0 fully saturated rings. The third-order valence-corrected chi connectivity index (χ3v) is 4.85. The van der Waals surface area contributed by atoms with Crippen LogP contribution in [0.25, 0.3) is 6.08 Å². The van der Waals surface area contributed by atoms with Crippen molar-refractivity contribution in [2.24, 2.45) is 0 Å². The maximum Gasteiger partial charge on any atom is 0.294 e. The lowest BCUT2D eigenvalue weighted by molar-refractivity contribution is 0.236. The SMILES string of the molecule is C=Cc1cccc(OC)c1O[C@@H](C=C)Cc1cc(C)ccc1S(=O)(=O)O. The van der Waals surface area contributed by atoms with Gasteiger partial charge >= 0.3 is 0 Å². The van der Waals surface area contributed by atoms with Crippen LogP contribution in [0.2, 0.25) is 0 Å². The fourth-order valence-corrected chi connectivity index (χ4v) is 3.35. The molecule has 0 saturated heterocycles. The van der Waals surface area contributed by atoms with Crippen molar-refractivity contribution < 1.29 is 22.4 Å². The lowest BCUT2D eigenvalue weighted by atomic mass is 10.0. The van der Waals surface area contributed by atoms with Crippen LogP contribution in [0, 0.1) is 6.92 Å². The van der Waals surface area contributed by atoms with Gasteiger partial charge in [-0.15, -0.1) is 0 Å². The number of rotatable bonds is 8. The van der Waals surface area contributed by atoms with Crippen LogP contribution in [0.1, 0.15) is 16.7 Å². The van der Waals surface area contributed by atoms with Gasteiger partial charge in [-0.2, -0.15) is 8.42 Å². The quantitative estimate of drug-likeness (QED) is 0.557. The highest BCUT2D eigenvalue weighted by atomic mass is 32.2. The van der Waals surface area contributed by atoms with Crippen LogP contribution in [0.4, 0.5) is 0 Å². The molecule has 0 aliphatic carbocycles. The maximum atomic E-state index is 11.6. The Hall–Kier alpha value is -2.57. The first-order chi connectivity index (χ1) is 12.3. The number of para-hydroxylation sites is 1. The van der Waals surface area contributed by atoms with E-state index < -0.39 is 16.2 Å². The summed E-state index contributed by atoms with van der Waals surface area (Å²) in [5, 5.41) is 0. The molecule has 0 amide bonds. The normalized spacial score (nSPS) is 12.3. The summed E-state index contributed by atoms with van der Waals surface area (Å²) in [7, 11) is -2.80. The van der Waals surface area contributed by atoms with Crippen molar-refractivity contribution >= 4 is 16.2 Å². The summed E-state index contributed by atoms with van der Waals surface area (Å²) >= 11 is 0. The summed E-state index contributed by atoms with van der Waals surface area (Å²) in [4.78, 5) is -0.137. The highest BCUT2D eigenvalue weighted by molar-refractivity contribution is 7.85. The Morgan fingerprint density at radius 3 is 2.54 bits per heavy atom. The van der Waals surface area contributed by atoms with Crippen molar-refractivity contribution in [2.45, 2.75) is 24.3 Å². The average molecular weight is 374 g/mol. The lowest BCUT2D eigenvalue weighted by Crippen LogP contribution is -2.19. The van der Waals surface area contributed by atoms with E-state index in [0.29, 0.717) is 17.1 Å². The minimum Gasteiger partial charge on any atom is -0.493 e. The second kappa shape index (κ2) is 8.21. The van der Waals surface area contributed by atoms with Crippen molar-refractivity contribution in [1.29, 1.82) is 0 Å². The van der Waals surface area contributed by atoms with Gasteiger partial charge in [0.1, 0.15) is 6.10 Å². The Kier molecular flexibility index (Phi) is 6.23. The molecule has 2 rings (SSSR count). The summed E-state index contributed by atoms with van der Waals surface area (Å²) in [6, 6.07) is 10.1. The van der Waals surface area contributed by atoms with Gasteiger partial charge in [0, 0.05) is 12.0 Å². The van der Waals surface area contributed by atoms with E-state index in [1.54, 1.807) is 30.4 Å². The van der Waals surface area contributed by atoms with Crippen molar-refractivity contribution in [3.05, 3.63) is 72.3 Å². The second-order valence-corrected chi connectivity index (χ2v) is 7.16. The third kappa shape index (κ3) is 4.53. The zero-order chi connectivity index (χ0) is 19.3. The summed E-state index contributed by atoms with van der Waals surface area (Å²) in [6.07, 6.45) is 2.91. The van der Waals surface area contributed by atoms with Crippen molar-refractivity contribution in [3.8, 4) is 11.5 Å². The highest BCUT2D eigenvalue weighted by Crippen LogP contribution is 2.33. The Labute approximate surface area is 154 Å². The smallest absolute Gasteiger partial charge is 0.294 e. The topological polar surface area (TPSA) is 72.8 Å². The minimum atomic E-state index is -4.33. The van der Waals surface area contributed by atoms with Crippen LogP contribution in [-0.4, -0.2) is 26.2 Å². The Bertz CT molecular complexity index is 916. The molecular weight excluding hydrogens is 352 g/mol. The fourth-order valence-electron chi connectivity index (χ4n) is 2.64. The second-order valence-electron chi connectivity index (χ2n) is 5.77. The molecule has 0 bridgehead atoms. The average Bonchev–Trinajstić information content (AvgIpc) is 2.60. The van der Waals surface area contributed by atoms with Crippen molar-refractivity contribution in [2.75, 3.05) is 7.11 Å². The van der Waals surface area contributed by atoms with Gasteiger partial charge < -0.3 is 9.47 Å². The first-order valence-electron chi connectivity index (χ1n) is 7.95. The van der Waals surface area contributed by atoms with Crippen LogP contribution in [-0.2, 0) is 16.5 Å². The van der Waals surface area contributed by atoms with Gasteiger partial charge in [-0.1, -0.05) is 55.1 Å². The van der Waals surface area contributed by atoms with Gasteiger partial charge in [0.05, 0.1) is 12.0 Å². The van der Waals surface area contributed by atoms with Crippen molar-refractivity contribution in [3.63, 3.8) is 0 Å². The van der Waals surface area contributed by atoms with Crippen LogP contribution in [0.3, 0.4) is 0 Å². The maximum absolute atomic E-state index is 11.6. The highest BCUT2D eigenvalue weighted by Gasteiger charge is 2.20. The van der Waals surface area contributed by atoms with Crippen LogP contribution in [0.5, 0.6) is 11.5 Å².